The Balaban J connectivity index is 1.84. The summed E-state index contributed by atoms with van der Waals surface area (Å²) < 4.78 is 0. The van der Waals surface area contributed by atoms with Crippen LogP contribution in [0.4, 0.5) is 0 Å². The molecule has 2 N–H and O–H groups in total. The molecule has 4 aliphatic carbocycles. The number of aliphatic hydroxyl groups is 2. The normalized spacial score (nSPS) is 53.2. The largest absolute Gasteiger partial charge is 0.389 e. The van der Waals surface area contributed by atoms with E-state index in [1.165, 1.54) is 5.57 Å². The number of aliphatic hydroxyl groups excluding tert-OH is 2. The Bertz CT molecular complexity index is 587. The van der Waals surface area contributed by atoms with Crippen LogP contribution in [0.2, 0.25) is 0 Å². The number of hydrogen-bond donors (Lipinski definition) is 2. The fourth-order valence-electron chi connectivity index (χ4n) is 5.88. The minimum Gasteiger partial charge on any atom is -0.389 e. The Labute approximate surface area is 133 Å². The molecule has 0 saturated heterocycles. The standard InChI is InChI=1S/C20H28O2/c1-12-10-13-11-14(21)6-8-19(13,2)16-7-9-20(3)15(18(12)16)4-5-17(20)22/h4-6,8,12-14,16-17,21-22H,7,9-11H2,1-3H3/t12-,13+,14-,16-,17-,19-,20-/m0/s1. The van der Waals surface area contributed by atoms with Crippen LogP contribution in [0.1, 0.15) is 46.5 Å². The van der Waals surface area contributed by atoms with Gasteiger partial charge >= 0.3 is 0 Å². The smallest absolute Gasteiger partial charge is 0.0817 e. The molecule has 0 spiro atoms. The highest BCUT2D eigenvalue weighted by atomic mass is 16.3. The van der Waals surface area contributed by atoms with Gasteiger partial charge in [0.05, 0.1) is 12.2 Å². The molecule has 4 aliphatic rings. The van der Waals surface area contributed by atoms with E-state index in [-0.39, 0.29) is 23.0 Å². The van der Waals surface area contributed by atoms with Crippen LogP contribution in [-0.2, 0) is 0 Å². The van der Waals surface area contributed by atoms with Crippen molar-refractivity contribution in [2.24, 2.45) is 28.6 Å². The van der Waals surface area contributed by atoms with Gasteiger partial charge in [-0.15, -0.1) is 0 Å². The lowest BCUT2D eigenvalue weighted by atomic mass is 9.49. The maximum Gasteiger partial charge on any atom is 0.0817 e. The molecule has 0 bridgehead atoms. The maximum atomic E-state index is 10.4. The first-order valence-electron chi connectivity index (χ1n) is 8.84. The molecule has 120 valence electrons. The third-order valence-corrected chi connectivity index (χ3v) is 7.36. The molecule has 0 heterocycles. The van der Waals surface area contributed by atoms with Gasteiger partial charge in [0.1, 0.15) is 0 Å². The quantitative estimate of drug-likeness (QED) is 0.671. The first-order valence-corrected chi connectivity index (χ1v) is 8.84. The molecule has 0 aromatic carbocycles. The lowest BCUT2D eigenvalue weighted by molar-refractivity contribution is 0.0216. The second-order valence-electron chi connectivity index (χ2n) is 8.54. The second kappa shape index (κ2) is 4.58. The van der Waals surface area contributed by atoms with Crippen LogP contribution < -0.4 is 0 Å². The summed E-state index contributed by atoms with van der Waals surface area (Å²) in [5.41, 5.74) is 3.13. The number of allylic oxidation sites excluding steroid dienone is 3. The van der Waals surface area contributed by atoms with Crippen LogP contribution >= 0.6 is 0 Å². The van der Waals surface area contributed by atoms with Crippen molar-refractivity contribution < 1.29 is 10.2 Å². The average Bonchev–Trinajstić information content (AvgIpc) is 2.77. The first kappa shape index (κ1) is 14.7. The maximum absolute atomic E-state index is 10.4. The molecule has 1 fully saturated rings. The Morgan fingerprint density at radius 1 is 1.14 bits per heavy atom. The molecular formula is C20H28O2. The molecular weight excluding hydrogens is 272 g/mol. The molecule has 0 aromatic heterocycles. The van der Waals surface area contributed by atoms with Gasteiger partial charge < -0.3 is 10.2 Å². The third kappa shape index (κ3) is 1.74. The van der Waals surface area contributed by atoms with Crippen molar-refractivity contribution in [3.63, 3.8) is 0 Å². The van der Waals surface area contributed by atoms with Crippen molar-refractivity contribution in [3.05, 3.63) is 35.5 Å². The van der Waals surface area contributed by atoms with E-state index >= 15 is 0 Å². The van der Waals surface area contributed by atoms with Crippen LogP contribution in [-0.4, -0.2) is 22.4 Å². The van der Waals surface area contributed by atoms with E-state index in [0.717, 1.165) is 25.7 Å². The van der Waals surface area contributed by atoms with Crippen LogP contribution in [0.25, 0.3) is 0 Å². The van der Waals surface area contributed by atoms with Gasteiger partial charge in [-0.25, -0.2) is 0 Å². The monoisotopic (exact) mass is 300 g/mol. The van der Waals surface area contributed by atoms with Gasteiger partial charge in [-0.3, -0.25) is 0 Å². The van der Waals surface area contributed by atoms with E-state index in [2.05, 4.69) is 32.9 Å². The van der Waals surface area contributed by atoms with Gasteiger partial charge in [-0.05, 0) is 54.4 Å². The second-order valence-corrected chi connectivity index (χ2v) is 8.54. The predicted molar refractivity (Wildman–Crippen MR) is 88.1 cm³/mol. The summed E-state index contributed by atoms with van der Waals surface area (Å²) in [7, 11) is 0. The number of hydrogen-bond acceptors (Lipinski definition) is 2. The van der Waals surface area contributed by atoms with Crippen LogP contribution in [0, 0.1) is 28.6 Å². The van der Waals surface area contributed by atoms with Crippen molar-refractivity contribution in [1.82, 2.24) is 0 Å². The summed E-state index contributed by atoms with van der Waals surface area (Å²) in [6, 6.07) is 0. The third-order valence-electron chi connectivity index (χ3n) is 7.36. The lowest BCUT2D eigenvalue weighted by Crippen LogP contribution is -2.48. The van der Waals surface area contributed by atoms with Crippen molar-refractivity contribution >= 4 is 0 Å². The summed E-state index contributed by atoms with van der Waals surface area (Å²) in [5, 5.41) is 20.5. The highest BCUT2D eigenvalue weighted by Crippen LogP contribution is 2.62. The Hall–Kier alpha value is -0.860. The lowest BCUT2D eigenvalue weighted by Gasteiger charge is -2.56. The molecule has 0 aromatic rings. The molecule has 4 rings (SSSR count). The van der Waals surface area contributed by atoms with Gasteiger partial charge in [0, 0.05) is 5.41 Å². The van der Waals surface area contributed by atoms with E-state index in [4.69, 9.17) is 0 Å². The van der Waals surface area contributed by atoms with E-state index < -0.39 is 0 Å². The zero-order valence-electron chi connectivity index (χ0n) is 13.9. The zero-order chi connectivity index (χ0) is 15.7. The molecule has 2 heteroatoms. The molecule has 0 amide bonds. The van der Waals surface area contributed by atoms with Crippen molar-refractivity contribution in [2.45, 2.75) is 58.7 Å². The van der Waals surface area contributed by atoms with Crippen LogP contribution in [0.15, 0.2) is 35.5 Å². The van der Waals surface area contributed by atoms with Gasteiger partial charge in [0.25, 0.3) is 0 Å². The summed E-state index contributed by atoms with van der Waals surface area (Å²) in [6.45, 7) is 6.98. The van der Waals surface area contributed by atoms with Crippen molar-refractivity contribution in [3.8, 4) is 0 Å². The van der Waals surface area contributed by atoms with E-state index in [0.29, 0.717) is 17.8 Å². The SMILES string of the molecule is C[C@H]1C[C@@H]2C[C@@H](O)C=C[C@]2(C)[C@H]2CC[C@@]3(C)C(=C12)C=C[C@@H]3O. The van der Waals surface area contributed by atoms with E-state index in [9.17, 15) is 10.2 Å². The van der Waals surface area contributed by atoms with Crippen LogP contribution in [0.5, 0.6) is 0 Å². The topological polar surface area (TPSA) is 40.5 Å². The molecule has 0 aliphatic heterocycles. The fraction of sp³-hybridized carbons (Fsp3) is 0.700. The summed E-state index contributed by atoms with van der Waals surface area (Å²) in [4.78, 5) is 0. The van der Waals surface area contributed by atoms with Gasteiger partial charge in [-0.2, -0.15) is 0 Å². The summed E-state index contributed by atoms with van der Waals surface area (Å²) in [6.07, 6.45) is 12.2. The van der Waals surface area contributed by atoms with E-state index in [1.54, 1.807) is 5.57 Å². The summed E-state index contributed by atoms with van der Waals surface area (Å²) >= 11 is 0. The number of rotatable bonds is 0. The Kier molecular flexibility index (Phi) is 3.06. The van der Waals surface area contributed by atoms with Gasteiger partial charge in [0.15, 0.2) is 0 Å². The highest BCUT2D eigenvalue weighted by molar-refractivity contribution is 5.46. The van der Waals surface area contributed by atoms with Crippen molar-refractivity contribution in [2.75, 3.05) is 0 Å². The first-order chi connectivity index (χ1) is 10.4. The Morgan fingerprint density at radius 2 is 1.91 bits per heavy atom. The zero-order valence-corrected chi connectivity index (χ0v) is 13.9. The molecule has 22 heavy (non-hydrogen) atoms. The summed E-state index contributed by atoms with van der Waals surface area (Å²) in [5.74, 6) is 1.71. The number of fused-ring (bicyclic) bond motifs is 4. The molecule has 0 unspecified atom stereocenters. The minimum absolute atomic E-state index is 0.0683. The van der Waals surface area contributed by atoms with Gasteiger partial charge in [-0.1, -0.05) is 50.6 Å². The Morgan fingerprint density at radius 3 is 2.68 bits per heavy atom. The van der Waals surface area contributed by atoms with Gasteiger partial charge in [0.2, 0.25) is 0 Å². The molecule has 1 saturated carbocycles. The highest BCUT2D eigenvalue weighted by Gasteiger charge is 2.54. The fourth-order valence-corrected chi connectivity index (χ4v) is 5.88. The van der Waals surface area contributed by atoms with Crippen LogP contribution in [0.3, 0.4) is 0 Å². The van der Waals surface area contributed by atoms with E-state index in [1.807, 2.05) is 12.2 Å². The van der Waals surface area contributed by atoms with Crippen molar-refractivity contribution in [1.29, 1.82) is 0 Å². The predicted octanol–water partition coefficient (Wildman–Crippen LogP) is 3.61. The molecule has 0 radical (unpaired) electrons. The molecule has 7 atom stereocenters. The average molecular weight is 300 g/mol. The minimum atomic E-state index is -0.322. The molecule has 2 nitrogen and oxygen atoms in total.